The van der Waals surface area contributed by atoms with Gasteiger partial charge in [0.1, 0.15) is 5.69 Å². The van der Waals surface area contributed by atoms with Crippen molar-refractivity contribution in [2.75, 3.05) is 13.1 Å². The van der Waals surface area contributed by atoms with Gasteiger partial charge in [-0.05, 0) is 30.2 Å². The number of aryl methyl sites for hydroxylation is 1. The molecule has 3 heterocycles. The number of likely N-dealkylation sites (tertiary alicyclic amines) is 1. The van der Waals surface area contributed by atoms with E-state index in [1.54, 1.807) is 6.20 Å². The summed E-state index contributed by atoms with van der Waals surface area (Å²) in [6, 6.07) is 7.83. The molecule has 1 aliphatic rings. The van der Waals surface area contributed by atoms with Gasteiger partial charge in [0.05, 0.1) is 0 Å². The number of hydrogen-bond donors (Lipinski definition) is 0. The van der Waals surface area contributed by atoms with Crippen molar-refractivity contribution in [3.05, 3.63) is 54.1 Å². The summed E-state index contributed by atoms with van der Waals surface area (Å²) in [4.78, 5) is 18.5. The van der Waals surface area contributed by atoms with Gasteiger partial charge in [-0.15, -0.1) is 0 Å². The Hall–Kier alpha value is -2.10. The van der Waals surface area contributed by atoms with Crippen LogP contribution in [-0.2, 0) is 7.05 Å². The van der Waals surface area contributed by atoms with E-state index in [-0.39, 0.29) is 5.91 Å². The van der Waals surface area contributed by atoms with Crippen LogP contribution in [0.15, 0.2) is 42.9 Å². The molecule has 1 atom stereocenters. The molecule has 1 aliphatic heterocycles. The molecule has 4 heteroatoms. The predicted molar refractivity (Wildman–Crippen MR) is 72.9 cm³/mol. The Morgan fingerprint density at radius 3 is 2.95 bits per heavy atom. The first kappa shape index (κ1) is 12.0. The van der Waals surface area contributed by atoms with E-state index < -0.39 is 0 Å². The summed E-state index contributed by atoms with van der Waals surface area (Å²) < 4.78 is 1.87. The van der Waals surface area contributed by atoms with Gasteiger partial charge in [0.25, 0.3) is 5.91 Å². The van der Waals surface area contributed by atoms with E-state index in [0.29, 0.717) is 5.92 Å². The number of pyridine rings is 1. The maximum Gasteiger partial charge on any atom is 0.270 e. The van der Waals surface area contributed by atoms with Crippen molar-refractivity contribution in [2.24, 2.45) is 7.05 Å². The van der Waals surface area contributed by atoms with Crippen LogP contribution in [0.1, 0.15) is 28.4 Å². The van der Waals surface area contributed by atoms with Gasteiger partial charge in [-0.25, -0.2) is 0 Å². The third kappa shape index (κ3) is 2.26. The molecule has 98 valence electrons. The fourth-order valence-electron chi connectivity index (χ4n) is 2.68. The Morgan fingerprint density at radius 2 is 2.26 bits per heavy atom. The molecule has 1 amide bonds. The van der Waals surface area contributed by atoms with Crippen LogP contribution in [0, 0.1) is 0 Å². The zero-order chi connectivity index (χ0) is 13.2. The zero-order valence-corrected chi connectivity index (χ0v) is 11.0. The molecule has 3 rings (SSSR count). The van der Waals surface area contributed by atoms with Crippen molar-refractivity contribution in [1.82, 2.24) is 14.5 Å². The number of carbonyl (C=O) groups is 1. The van der Waals surface area contributed by atoms with E-state index in [9.17, 15) is 4.79 Å². The molecule has 2 aromatic rings. The number of nitrogens with zero attached hydrogens (tertiary/aromatic N) is 3. The Bertz CT molecular complexity index is 576. The minimum absolute atomic E-state index is 0.124. The lowest BCUT2D eigenvalue weighted by Crippen LogP contribution is -2.29. The monoisotopic (exact) mass is 255 g/mol. The van der Waals surface area contributed by atoms with Crippen molar-refractivity contribution < 1.29 is 4.79 Å². The molecule has 1 unspecified atom stereocenters. The SMILES string of the molecule is Cn1cccc1C(=O)N1CCC(c2cccnc2)C1. The first-order valence-corrected chi connectivity index (χ1v) is 6.56. The lowest BCUT2D eigenvalue weighted by atomic mass is 10.0. The van der Waals surface area contributed by atoms with Crippen LogP contribution in [0.25, 0.3) is 0 Å². The highest BCUT2D eigenvalue weighted by atomic mass is 16.2. The first-order chi connectivity index (χ1) is 9.25. The summed E-state index contributed by atoms with van der Waals surface area (Å²) in [6.07, 6.45) is 6.61. The second kappa shape index (κ2) is 4.88. The van der Waals surface area contributed by atoms with Crippen LogP contribution in [0.4, 0.5) is 0 Å². The molecule has 0 radical (unpaired) electrons. The fourth-order valence-corrected chi connectivity index (χ4v) is 2.68. The molecular formula is C15H17N3O. The topological polar surface area (TPSA) is 38.1 Å². The summed E-state index contributed by atoms with van der Waals surface area (Å²) in [5.41, 5.74) is 1.98. The average Bonchev–Trinajstić information content (AvgIpc) is 3.08. The van der Waals surface area contributed by atoms with Crippen molar-refractivity contribution in [1.29, 1.82) is 0 Å². The Balaban J connectivity index is 1.73. The molecule has 19 heavy (non-hydrogen) atoms. The van der Waals surface area contributed by atoms with Gasteiger partial charge in [-0.1, -0.05) is 6.07 Å². The second-order valence-corrected chi connectivity index (χ2v) is 5.03. The van der Waals surface area contributed by atoms with E-state index in [0.717, 1.165) is 25.2 Å². The number of rotatable bonds is 2. The van der Waals surface area contributed by atoms with Gasteiger partial charge < -0.3 is 9.47 Å². The van der Waals surface area contributed by atoms with Gasteiger partial charge in [0, 0.05) is 44.6 Å². The number of carbonyl (C=O) groups excluding carboxylic acids is 1. The summed E-state index contributed by atoms with van der Waals surface area (Å²) in [5, 5.41) is 0. The molecule has 2 aromatic heterocycles. The van der Waals surface area contributed by atoms with Gasteiger partial charge in [-0.3, -0.25) is 9.78 Å². The van der Waals surface area contributed by atoms with Crippen LogP contribution < -0.4 is 0 Å². The van der Waals surface area contributed by atoms with Gasteiger partial charge in [0.15, 0.2) is 0 Å². The largest absolute Gasteiger partial charge is 0.347 e. The van der Waals surface area contributed by atoms with Crippen LogP contribution in [-0.4, -0.2) is 33.4 Å². The molecule has 0 N–H and O–H groups in total. The maximum atomic E-state index is 12.4. The first-order valence-electron chi connectivity index (χ1n) is 6.56. The highest BCUT2D eigenvalue weighted by Crippen LogP contribution is 2.27. The highest BCUT2D eigenvalue weighted by molar-refractivity contribution is 5.93. The number of aromatic nitrogens is 2. The summed E-state index contributed by atoms with van der Waals surface area (Å²) in [5.74, 6) is 0.539. The fraction of sp³-hybridized carbons (Fsp3) is 0.333. The predicted octanol–water partition coefficient (Wildman–Crippen LogP) is 2.05. The number of hydrogen-bond acceptors (Lipinski definition) is 2. The summed E-state index contributed by atoms with van der Waals surface area (Å²) in [6.45, 7) is 1.61. The van der Waals surface area contributed by atoms with Gasteiger partial charge in [-0.2, -0.15) is 0 Å². The van der Waals surface area contributed by atoms with E-state index in [1.807, 2.05) is 47.1 Å². The van der Waals surface area contributed by atoms with E-state index in [1.165, 1.54) is 5.56 Å². The van der Waals surface area contributed by atoms with Crippen LogP contribution in [0.3, 0.4) is 0 Å². The quantitative estimate of drug-likeness (QED) is 0.823. The van der Waals surface area contributed by atoms with Crippen molar-refractivity contribution in [3.8, 4) is 0 Å². The molecule has 1 saturated heterocycles. The van der Waals surface area contributed by atoms with Crippen molar-refractivity contribution >= 4 is 5.91 Å². The van der Waals surface area contributed by atoms with E-state index in [4.69, 9.17) is 0 Å². The lowest BCUT2D eigenvalue weighted by Gasteiger charge is -2.17. The van der Waals surface area contributed by atoms with Gasteiger partial charge in [0.2, 0.25) is 0 Å². The smallest absolute Gasteiger partial charge is 0.270 e. The van der Waals surface area contributed by atoms with Crippen LogP contribution >= 0.6 is 0 Å². The minimum atomic E-state index is 0.124. The minimum Gasteiger partial charge on any atom is -0.347 e. The van der Waals surface area contributed by atoms with Crippen LogP contribution in [0.2, 0.25) is 0 Å². The number of amides is 1. The Morgan fingerprint density at radius 1 is 1.37 bits per heavy atom. The van der Waals surface area contributed by atoms with Gasteiger partial charge >= 0.3 is 0 Å². The maximum absolute atomic E-state index is 12.4. The third-order valence-corrected chi connectivity index (χ3v) is 3.79. The molecule has 0 aromatic carbocycles. The molecule has 0 aliphatic carbocycles. The van der Waals surface area contributed by atoms with Crippen LogP contribution in [0.5, 0.6) is 0 Å². The normalized spacial score (nSPS) is 18.8. The summed E-state index contributed by atoms with van der Waals surface area (Å²) in [7, 11) is 1.90. The molecular weight excluding hydrogens is 238 g/mol. The molecule has 4 nitrogen and oxygen atoms in total. The van der Waals surface area contributed by atoms with E-state index >= 15 is 0 Å². The molecule has 0 saturated carbocycles. The van der Waals surface area contributed by atoms with Crippen molar-refractivity contribution in [3.63, 3.8) is 0 Å². The zero-order valence-electron chi connectivity index (χ0n) is 11.0. The standard InChI is InChI=1S/C15H17N3O/c1-17-8-3-5-14(17)15(19)18-9-6-13(11-18)12-4-2-7-16-10-12/h2-5,7-8,10,13H,6,9,11H2,1H3. The molecule has 1 fully saturated rings. The molecule has 0 spiro atoms. The third-order valence-electron chi connectivity index (χ3n) is 3.79. The Labute approximate surface area is 112 Å². The lowest BCUT2D eigenvalue weighted by molar-refractivity contribution is 0.0781. The highest BCUT2D eigenvalue weighted by Gasteiger charge is 2.28. The van der Waals surface area contributed by atoms with E-state index in [2.05, 4.69) is 11.1 Å². The second-order valence-electron chi connectivity index (χ2n) is 5.03. The average molecular weight is 255 g/mol. The molecule has 0 bridgehead atoms. The Kier molecular flexibility index (Phi) is 3.07. The van der Waals surface area contributed by atoms with Crippen molar-refractivity contribution in [2.45, 2.75) is 12.3 Å². The summed E-state index contributed by atoms with van der Waals surface area (Å²) >= 11 is 0.